The van der Waals surface area contributed by atoms with E-state index in [9.17, 15) is 0 Å². The van der Waals surface area contributed by atoms with Crippen molar-refractivity contribution in [3.63, 3.8) is 0 Å². The lowest BCUT2D eigenvalue weighted by Gasteiger charge is -2.14. The Morgan fingerprint density at radius 1 is 0.967 bits per heavy atom. The first-order chi connectivity index (χ1) is 14.7. The second-order valence-corrected chi connectivity index (χ2v) is 7.82. The number of aryl methyl sites for hydroxylation is 3. The minimum Gasteiger partial charge on any atom is -0.323 e. The maximum Gasteiger partial charge on any atom is 0.110 e. The number of hydrogen-bond donors (Lipinski definition) is 0. The predicted octanol–water partition coefficient (Wildman–Crippen LogP) is 6.47. The lowest BCUT2D eigenvalue weighted by molar-refractivity contribution is 0.721. The molecule has 3 heteroatoms. The Labute approximate surface area is 178 Å². The Morgan fingerprint density at radius 2 is 1.80 bits per heavy atom. The maximum atomic E-state index is 9.14. The number of nitrogens with zero attached hydrogens (tertiary/aromatic N) is 3. The van der Waals surface area contributed by atoms with Crippen LogP contribution in [0.3, 0.4) is 0 Å². The highest BCUT2D eigenvalue weighted by molar-refractivity contribution is 5.79. The zero-order valence-electron chi connectivity index (χ0n) is 17.7. The highest BCUT2D eigenvalue weighted by Crippen LogP contribution is 2.28. The fraction of sp³-hybridized carbons (Fsp3) is 0.259. The lowest BCUT2D eigenvalue weighted by Crippen LogP contribution is -2.06. The third-order valence-corrected chi connectivity index (χ3v) is 5.63. The van der Waals surface area contributed by atoms with Gasteiger partial charge in [0.2, 0.25) is 0 Å². The number of rotatable bonds is 7. The summed E-state index contributed by atoms with van der Waals surface area (Å²) < 4.78 is 2.36. The monoisotopic (exact) mass is 393 g/mol. The Hall–Kier alpha value is -3.38. The van der Waals surface area contributed by atoms with Crippen molar-refractivity contribution >= 4 is 11.0 Å². The molecule has 1 aromatic heterocycles. The molecule has 0 spiro atoms. The van der Waals surface area contributed by atoms with Crippen LogP contribution >= 0.6 is 0 Å². The summed E-state index contributed by atoms with van der Waals surface area (Å²) in [6.45, 7) is 5.12. The van der Waals surface area contributed by atoms with Gasteiger partial charge < -0.3 is 4.57 Å². The summed E-state index contributed by atoms with van der Waals surface area (Å²) in [7, 11) is 0. The predicted molar refractivity (Wildman–Crippen MR) is 123 cm³/mol. The Kier molecular flexibility index (Phi) is 5.95. The van der Waals surface area contributed by atoms with Crippen molar-refractivity contribution in [2.75, 3.05) is 0 Å². The molecule has 0 amide bonds. The van der Waals surface area contributed by atoms with Crippen LogP contribution < -0.4 is 0 Å². The summed E-state index contributed by atoms with van der Waals surface area (Å²) in [6, 6.07) is 25.8. The molecule has 0 aliphatic carbocycles. The van der Waals surface area contributed by atoms with E-state index in [1.807, 2.05) is 6.07 Å². The van der Waals surface area contributed by atoms with E-state index in [4.69, 9.17) is 10.2 Å². The Balaban J connectivity index is 1.76. The molecule has 0 aliphatic rings. The Morgan fingerprint density at radius 3 is 2.57 bits per heavy atom. The fourth-order valence-corrected chi connectivity index (χ4v) is 4.15. The van der Waals surface area contributed by atoms with Crippen molar-refractivity contribution in [1.82, 2.24) is 9.55 Å². The van der Waals surface area contributed by atoms with Gasteiger partial charge in [0, 0.05) is 19.4 Å². The second-order valence-electron chi connectivity index (χ2n) is 7.82. The van der Waals surface area contributed by atoms with Gasteiger partial charge in [0.05, 0.1) is 17.1 Å². The highest BCUT2D eigenvalue weighted by atomic mass is 15.1. The van der Waals surface area contributed by atoms with Gasteiger partial charge in [-0.05, 0) is 53.6 Å². The van der Waals surface area contributed by atoms with Crippen molar-refractivity contribution in [2.45, 2.75) is 46.1 Å². The number of benzene rings is 3. The van der Waals surface area contributed by atoms with Crippen molar-refractivity contribution in [3.05, 3.63) is 89.2 Å². The van der Waals surface area contributed by atoms with Crippen molar-refractivity contribution in [2.24, 2.45) is 0 Å². The van der Waals surface area contributed by atoms with Crippen LogP contribution in [0.4, 0.5) is 0 Å². The molecule has 4 rings (SSSR count). The minimum absolute atomic E-state index is 0.525. The summed E-state index contributed by atoms with van der Waals surface area (Å²) in [5.74, 6) is 1.15. The molecule has 0 fully saturated rings. The molecule has 3 nitrogen and oxygen atoms in total. The van der Waals surface area contributed by atoms with Gasteiger partial charge >= 0.3 is 0 Å². The molecule has 4 aromatic rings. The van der Waals surface area contributed by atoms with Gasteiger partial charge in [0.25, 0.3) is 0 Å². The highest BCUT2D eigenvalue weighted by Gasteiger charge is 2.13. The average molecular weight is 394 g/mol. The van der Waals surface area contributed by atoms with E-state index >= 15 is 0 Å². The molecule has 150 valence electrons. The first-order valence-electron chi connectivity index (χ1n) is 10.7. The van der Waals surface area contributed by atoms with Gasteiger partial charge in [-0.1, -0.05) is 67.6 Å². The number of nitriles is 1. The molecule has 0 saturated heterocycles. The molecule has 0 bridgehead atoms. The van der Waals surface area contributed by atoms with Crippen LogP contribution in [-0.4, -0.2) is 9.55 Å². The third-order valence-electron chi connectivity index (χ3n) is 5.63. The van der Waals surface area contributed by atoms with Gasteiger partial charge in [-0.2, -0.15) is 5.26 Å². The van der Waals surface area contributed by atoms with Crippen LogP contribution in [0, 0.1) is 18.3 Å². The quantitative estimate of drug-likeness (QED) is 0.361. The van der Waals surface area contributed by atoms with Crippen molar-refractivity contribution in [1.29, 1.82) is 5.26 Å². The molecule has 1 heterocycles. The largest absolute Gasteiger partial charge is 0.323 e. The van der Waals surface area contributed by atoms with Crippen molar-refractivity contribution < 1.29 is 0 Å². The molecular formula is C27H27N3. The number of hydrogen-bond acceptors (Lipinski definition) is 2. The van der Waals surface area contributed by atoms with E-state index in [0.29, 0.717) is 6.42 Å². The molecular weight excluding hydrogens is 366 g/mol. The van der Waals surface area contributed by atoms with Crippen LogP contribution in [-0.2, 0) is 19.4 Å². The first-order valence-corrected chi connectivity index (χ1v) is 10.7. The standard InChI is InChI=1S/C27H27N3/c1-3-9-26-29-27-20(2)10-7-14-25(27)30(26)19-21-15-16-24(22-11-5-4-6-12-22)23(18-21)13-8-17-28/h4-7,10-12,14-16,18H,3,8-9,13,19H2,1-2H3. The molecule has 0 unspecified atom stereocenters. The topological polar surface area (TPSA) is 41.6 Å². The third kappa shape index (κ3) is 4.00. The van der Waals surface area contributed by atoms with Gasteiger partial charge in [-0.25, -0.2) is 4.98 Å². The van der Waals surface area contributed by atoms with E-state index in [1.165, 1.54) is 33.3 Å². The number of fused-ring (bicyclic) bond motifs is 1. The molecule has 0 saturated carbocycles. The number of aromatic nitrogens is 2. The zero-order valence-corrected chi connectivity index (χ0v) is 17.7. The molecule has 0 radical (unpaired) electrons. The number of imidazole rings is 1. The van der Waals surface area contributed by atoms with E-state index < -0.39 is 0 Å². The van der Waals surface area contributed by atoms with Crippen LogP contribution in [0.15, 0.2) is 66.7 Å². The maximum absolute atomic E-state index is 9.14. The number of para-hydroxylation sites is 1. The van der Waals surface area contributed by atoms with Gasteiger partial charge in [-0.3, -0.25) is 0 Å². The van der Waals surface area contributed by atoms with E-state index in [-0.39, 0.29) is 0 Å². The van der Waals surface area contributed by atoms with Gasteiger partial charge in [0.15, 0.2) is 0 Å². The zero-order chi connectivity index (χ0) is 20.9. The van der Waals surface area contributed by atoms with Crippen LogP contribution in [0.1, 0.15) is 42.3 Å². The fourth-order valence-electron chi connectivity index (χ4n) is 4.15. The molecule has 0 aliphatic heterocycles. The summed E-state index contributed by atoms with van der Waals surface area (Å²) >= 11 is 0. The lowest BCUT2D eigenvalue weighted by atomic mass is 9.94. The molecule has 30 heavy (non-hydrogen) atoms. The van der Waals surface area contributed by atoms with Gasteiger partial charge in [-0.15, -0.1) is 0 Å². The normalized spacial score (nSPS) is 11.0. The Bertz CT molecular complexity index is 1200. The molecule has 0 atom stereocenters. The van der Waals surface area contributed by atoms with Crippen LogP contribution in [0.2, 0.25) is 0 Å². The summed E-state index contributed by atoms with van der Waals surface area (Å²) in [6.07, 6.45) is 3.33. The smallest absolute Gasteiger partial charge is 0.110 e. The summed E-state index contributed by atoms with van der Waals surface area (Å²) in [5, 5.41) is 9.14. The second kappa shape index (κ2) is 8.97. The van der Waals surface area contributed by atoms with Crippen molar-refractivity contribution in [3.8, 4) is 17.2 Å². The average Bonchev–Trinajstić information content (AvgIpc) is 3.12. The minimum atomic E-state index is 0.525. The van der Waals surface area contributed by atoms with Gasteiger partial charge in [0.1, 0.15) is 5.82 Å². The van der Waals surface area contributed by atoms with Crippen LogP contribution in [0.25, 0.3) is 22.2 Å². The van der Waals surface area contributed by atoms with E-state index in [2.05, 4.69) is 85.1 Å². The molecule has 3 aromatic carbocycles. The van der Waals surface area contributed by atoms with E-state index in [1.54, 1.807) is 0 Å². The summed E-state index contributed by atoms with van der Waals surface area (Å²) in [4.78, 5) is 4.96. The molecule has 0 N–H and O–H groups in total. The first kappa shape index (κ1) is 19.9. The van der Waals surface area contributed by atoms with E-state index in [0.717, 1.165) is 37.1 Å². The summed E-state index contributed by atoms with van der Waals surface area (Å²) in [5.41, 5.74) is 8.43. The van der Waals surface area contributed by atoms with Crippen LogP contribution in [0.5, 0.6) is 0 Å². The SMILES string of the molecule is CCCc1nc2c(C)cccc2n1Cc1ccc(-c2ccccc2)c(CCC#N)c1.